The third-order valence-electron chi connectivity index (χ3n) is 4.48. The maximum absolute atomic E-state index is 13.3. The van der Waals surface area contributed by atoms with E-state index in [2.05, 4.69) is 22.1 Å². The first-order chi connectivity index (χ1) is 11.1. The Kier molecular flexibility index (Phi) is 4.80. The molecule has 1 saturated heterocycles. The Bertz CT molecular complexity index is 694. The number of nitrogens with zero attached hydrogens (tertiary/aromatic N) is 2. The normalized spacial score (nSPS) is 17.4. The molecule has 1 N–H and O–H groups in total. The van der Waals surface area contributed by atoms with Crippen LogP contribution in [0.4, 0.5) is 9.52 Å². The van der Waals surface area contributed by atoms with Gasteiger partial charge in [-0.25, -0.2) is 9.37 Å². The third kappa shape index (κ3) is 3.63. The fourth-order valence-corrected chi connectivity index (χ4v) is 3.86. The molecule has 1 fully saturated rings. The Hall–Kier alpha value is -1.69. The van der Waals surface area contributed by atoms with Crippen molar-refractivity contribution < 1.29 is 9.18 Å². The predicted octanol–water partition coefficient (Wildman–Crippen LogP) is 3.57. The summed E-state index contributed by atoms with van der Waals surface area (Å²) in [6, 6.07) is 4.93. The SMILES string of the molecule is CCC(C)NC(=O)C1CCN(c2nc3ccc(F)cc3s2)CC1. The van der Waals surface area contributed by atoms with Crippen molar-refractivity contribution in [3.05, 3.63) is 24.0 Å². The Morgan fingerprint density at radius 3 is 2.91 bits per heavy atom. The number of nitrogens with one attached hydrogen (secondary N) is 1. The Morgan fingerprint density at radius 2 is 2.22 bits per heavy atom. The summed E-state index contributed by atoms with van der Waals surface area (Å²) < 4.78 is 14.2. The fraction of sp³-hybridized carbons (Fsp3) is 0.529. The van der Waals surface area contributed by atoms with Gasteiger partial charge in [0.15, 0.2) is 5.13 Å². The van der Waals surface area contributed by atoms with E-state index in [9.17, 15) is 9.18 Å². The van der Waals surface area contributed by atoms with Crippen LogP contribution in [-0.4, -0.2) is 30.0 Å². The lowest BCUT2D eigenvalue weighted by Crippen LogP contribution is -2.43. The van der Waals surface area contributed by atoms with Crippen LogP contribution in [0.15, 0.2) is 18.2 Å². The molecule has 0 radical (unpaired) electrons. The first-order valence-corrected chi connectivity index (χ1v) is 9.00. The van der Waals surface area contributed by atoms with Gasteiger partial charge in [0, 0.05) is 25.0 Å². The summed E-state index contributed by atoms with van der Waals surface area (Å²) in [5, 5.41) is 3.99. The molecule has 1 aromatic heterocycles. The van der Waals surface area contributed by atoms with Crippen molar-refractivity contribution in [2.75, 3.05) is 18.0 Å². The predicted molar refractivity (Wildman–Crippen MR) is 92.4 cm³/mol. The average Bonchev–Trinajstić information content (AvgIpc) is 2.97. The average molecular weight is 335 g/mol. The second kappa shape index (κ2) is 6.83. The van der Waals surface area contributed by atoms with Crippen LogP contribution in [0.3, 0.4) is 0 Å². The van der Waals surface area contributed by atoms with Crippen LogP contribution >= 0.6 is 11.3 Å². The summed E-state index contributed by atoms with van der Waals surface area (Å²) in [5.74, 6) is 0.0329. The van der Waals surface area contributed by atoms with Gasteiger partial charge in [-0.15, -0.1) is 0 Å². The summed E-state index contributed by atoms with van der Waals surface area (Å²) in [6.45, 7) is 5.75. The molecule has 0 spiro atoms. The van der Waals surface area contributed by atoms with Gasteiger partial charge < -0.3 is 10.2 Å². The molecular weight excluding hydrogens is 313 g/mol. The molecule has 2 aromatic rings. The van der Waals surface area contributed by atoms with E-state index in [1.807, 2.05) is 6.92 Å². The van der Waals surface area contributed by atoms with Gasteiger partial charge in [-0.2, -0.15) is 0 Å². The van der Waals surface area contributed by atoms with Crippen molar-refractivity contribution in [2.24, 2.45) is 5.92 Å². The van der Waals surface area contributed by atoms with Crippen molar-refractivity contribution in [3.63, 3.8) is 0 Å². The van der Waals surface area contributed by atoms with Gasteiger partial charge >= 0.3 is 0 Å². The quantitative estimate of drug-likeness (QED) is 0.929. The Morgan fingerprint density at radius 1 is 1.48 bits per heavy atom. The first kappa shape index (κ1) is 16.2. The molecule has 1 atom stereocenters. The molecule has 0 aliphatic carbocycles. The second-order valence-corrected chi connectivity index (χ2v) is 7.20. The van der Waals surface area contributed by atoms with Crippen LogP contribution in [0, 0.1) is 11.7 Å². The molecule has 1 amide bonds. The van der Waals surface area contributed by atoms with E-state index >= 15 is 0 Å². The Labute approximate surface area is 139 Å². The van der Waals surface area contributed by atoms with Crippen LogP contribution < -0.4 is 10.2 Å². The van der Waals surface area contributed by atoms with Gasteiger partial charge in [0.2, 0.25) is 5.91 Å². The van der Waals surface area contributed by atoms with E-state index in [-0.39, 0.29) is 23.7 Å². The van der Waals surface area contributed by atoms with E-state index in [4.69, 9.17) is 0 Å². The number of amides is 1. The zero-order valence-electron chi connectivity index (χ0n) is 13.5. The Balaban J connectivity index is 1.62. The van der Waals surface area contributed by atoms with Gasteiger partial charge in [-0.1, -0.05) is 18.3 Å². The zero-order chi connectivity index (χ0) is 16.4. The van der Waals surface area contributed by atoms with E-state index in [1.54, 1.807) is 6.07 Å². The number of carbonyl (C=O) groups is 1. The van der Waals surface area contributed by atoms with E-state index in [1.165, 1.54) is 23.5 Å². The number of thiazole rings is 1. The lowest BCUT2D eigenvalue weighted by atomic mass is 9.96. The number of aromatic nitrogens is 1. The van der Waals surface area contributed by atoms with E-state index in [0.29, 0.717) is 0 Å². The topological polar surface area (TPSA) is 45.2 Å². The summed E-state index contributed by atoms with van der Waals surface area (Å²) in [6.07, 6.45) is 2.63. The van der Waals surface area contributed by atoms with Gasteiger partial charge in [0.05, 0.1) is 10.2 Å². The van der Waals surface area contributed by atoms with Crippen molar-refractivity contribution >= 4 is 32.6 Å². The number of piperidine rings is 1. The molecule has 124 valence electrons. The number of hydrogen-bond donors (Lipinski definition) is 1. The third-order valence-corrected chi connectivity index (χ3v) is 5.56. The summed E-state index contributed by atoms with van der Waals surface area (Å²) in [4.78, 5) is 19.0. The van der Waals surface area contributed by atoms with E-state index in [0.717, 1.165) is 47.7 Å². The van der Waals surface area contributed by atoms with Crippen molar-refractivity contribution in [2.45, 2.75) is 39.2 Å². The second-order valence-electron chi connectivity index (χ2n) is 6.19. The number of hydrogen-bond acceptors (Lipinski definition) is 4. The van der Waals surface area contributed by atoms with Crippen LogP contribution in [-0.2, 0) is 4.79 Å². The summed E-state index contributed by atoms with van der Waals surface area (Å²) in [7, 11) is 0. The highest BCUT2D eigenvalue weighted by Gasteiger charge is 2.26. The number of benzene rings is 1. The standard InChI is InChI=1S/C17H22FN3OS/c1-3-11(2)19-16(22)12-6-8-21(9-7-12)17-20-14-5-4-13(18)10-15(14)23-17/h4-5,10-12H,3,6-9H2,1-2H3,(H,19,22). The molecule has 23 heavy (non-hydrogen) atoms. The van der Waals surface area contributed by atoms with Crippen molar-refractivity contribution in [1.29, 1.82) is 0 Å². The van der Waals surface area contributed by atoms with Crippen molar-refractivity contribution in [1.82, 2.24) is 10.3 Å². The maximum Gasteiger partial charge on any atom is 0.223 e. The number of rotatable bonds is 4. The van der Waals surface area contributed by atoms with Crippen LogP contribution in [0.25, 0.3) is 10.2 Å². The highest BCUT2D eigenvalue weighted by Crippen LogP contribution is 2.31. The molecular formula is C17H22FN3OS. The minimum atomic E-state index is -0.229. The summed E-state index contributed by atoms with van der Waals surface area (Å²) >= 11 is 1.52. The van der Waals surface area contributed by atoms with Crippen molar-refractivity contribution in [3.8, 4) is 0 Å². The maximum atomic E-state index is 13.3. The molecule has 1 aliphatic heterocycles. The number of fused-ring (bicyclic) bond motifs is 1. The molecule has 1 aromatic carbocycles. The van der Waals surface area contributed by atoms with Gasteiger partial charge in [-0.3, -0.25) is 4.79 Å². The minimum absolute atomic E-state index is 0.0899. The lowest BCUT2D eigenvalue weighted by molar-refractivity contribution is -0.126. The molecule has 0 bridgehead atoms. The number of anilines is 1. The van der Waals surface area contributed by atoms with E-state index < -0.39 is 0 Å². The van der Waals surface area contributed by atoms with Gasteiger partial charge in [-0.05, 0) is 44.4 Å². The smallest absolute Gasteiger partial charge is 0.223 e. The monoisotopic (exact) mass is 335 g/mol. The molecule has 6 heteroatoms. The lowest BCUT2D eigenvalue weighted by Gasteiger charge is -2.31. The number of halogens is 1. The largest absolute Gasteiger partial charge is 0.353 e. The fourth-order valence-electron chi connectivity index (χ4n) is 2.82. The first-order valence-electron chi connectivity index (χ1n) is 8.18. The van der Waals surface area contributed by atoms with Crippen LogP contribution in [0.2, 0.25) is 0 Å². The zero-order valence-corrected chi connectivity index (χ0v) is 14.3. The van der Waals surface area contributed by atoms with Crippen LogP contribution in [0.1, 0.15) is 33.1 Å². The highest BCUT2D eigenvalue weighted by atomic mass is 32.1. The number of carbonyl (C=O) groups excluding carboxylic acids is 1. The molecule has 4 nitrogen and oxygen atoms in total. The molecule has 0 saturated carbocycles. The van der Waals surface area contributed by atoms with Gasteiger partial charge in [0.1, 0.15) is 5.82 Å². The van der Waals surface area contributed by atoms with Crippen LogP contribution in [0.5, 0.6) is 0 Å². The molecule has 2 heterocycles. The molecule has 1 unspecified atom stereocenters. The molecule has 3 rings (SSSR count). The summed E-state index contributed by atoms with van der Waals surface area (Å²) in [5.41, 5.74) is 0.836. The van der Waals surface area contributed by atoms with Gasteiger partial charge in [0.25, 0.3) is 0 Å². The minimum Gasteiger partial charge on any atom is -0.353 e. The highest BCUT2D eigenvalue weighted by molar-refractivity contribution is 7.22. The molecule has 1 aliphatic rings.